The number of aryl methyl sites for hydroxylation is 1. The van der Waals surface area contributed by atoms with E-state index in [4.69, 9.17) is 11.6 Å². The molecule has 3 rings (SSSR count). The fourth-order valence-corrected chi connectivity index (χ4v) is 4.11. The summed E-state index contributed by atoms with van der Waals surface area (Å²) in [4.78, 5) is 12.7. The molecule has 0 radical (unpaired) electrons. The molecule has 0 bridgehead atoms. The zero-order valence-electron chi connectivity index (χ0n) is 16.6. The molecular weight excluding hydrogens is 420 g/mol. The summed E-state index contributed by atoms with van der Waals surface area (Å²) < 4.78 is 27.9. The Bertz CT molecular complexity index is 1110. The Balaban J connectivity index is 1.65. The van der Waals surface area contributed by atoms with Gasteiger partial charge in [-0.05, 0) is 54.3 Å². The summed E-state index contributed by atoms with van der Waals surface area (Å²) in [5, 5.41) is 3.52. The van der Waals surface area contributed by atoms with Gasteiger partial charge in [0.15, 0.2) is 0 Å². The Kier molecular flexibility index (Phi) is 7.26. The van der Waals surface area contributed by atoms with Crippen LogP contribution in [-0.4, -0.2) is 20.9 Å². The maximum atomic E-state index is 12.7. The van der Waals surface area contributed by atoms with E-state index in [1.807, 2.05) is 42.5 Å². The molecule has 0 saturated heterocycles. The average molecular weight is 443 g/mol. The first-order valence-electron chi connectivity index (χ1n) is 9.52. The second kappa shape index (κ2) is 9.89. The minimum atomic E-state index is -3.74. The first-order chi connectivity index (χ1) is 14.3. The molecule has 1 amide bonds. The van der Waals surface area contributed by atoms with Gasteiger partial charge in [0.2, 0.25) is 10.0 Å². The van der Waals surface area contributed by atoms with Gasteiger partial charge in [-0.1, -0.05) is 60.1 Å². The van der Waals surface area contributed by atoms with Crippen LogP contribution in [0.2, 0.25) is 5.02 Å². The minimum Gasteiger partial charge on any atom is -0.352 e. The molecule has 0 aliphatic heterocycles. The van der Waals surface area contributed by atoms with Crippen LogP contribution in [0.15, 0.2) is 77.7 Å². The zero-order chi connectivity index (χ0) is 21.6. The molecule has 0 atom stereocenters. The molecule has 30 heavy (non-hydrogen) atoms. The quantitative estimate of drug-likeness (QED) is 0.551. The second-order valence-corrected chi connectivity index (χ2v) is 9.12. The highest BCUT2D eigenvalue weighted by molar-refractivity contribution is 7.89. The second-order valence-electron chi connectivity index (χ2n) is 6.92. The highest BCUT2D eigenvalue weighted by atomic mass is 35.5. The monoisotopic (exact) mass is 442 g/mol. The Labute approximate surface area is 182 Å². The van der Waals surface area contributed by atoms with Crippen LogP contribution in [0.3, 0.4) is 0 Å². The van der Waals surface area contributed by atoms with Crippen LogP contribution in [0.1, 0.15) is 27.0 Å². The maximum Gasteiger partial charge on any atom is 0.251 e. The smallest absolute Gasteiger partial charge is 0.251 e. The van der Waals surface area contributed by atoms with E-state index < -0.39 is 10.0 Å². The predicted octanol–water partition coefficient (Wildman–Crippen LogP) is 4.10. The summed E-state index contributed by atoms with van der Waals surface area (Å²) in [7, 11) is -3.74. The number of nitrogens with one attached hydrogen (secondary N) is 2. The third-order valence-electron chi connectivity index (χ3n) is 4.69. The van der Waals surface area contributed by atoms with Crippen molar-refractivity contribution in [3.8, 4) is 0 Å². The molecule has 0 spiro atoms. The standard InChI is InChI=1S/C23H23ClN2O3S/c1-17-7-12-21(30(28,29)26-16-19-5-3-2-4-6-19)15-22(17)23(27)25-14-13-18-8-10-20(24)11-9-18/h2-12,15,26H,13-14,16H2,1H3,(H,25,27). The Hall–Kier alpha value is -2.67. The van der Waals surface area contributed by atoms with Crippen molar-refractivity contribution >= 4 is 27.5 Å². The van der Waals surface area contributed by atoms with Crippen LogP contribution in [0.4, 0.5) is 0 Å². The molecule has 0 unspecified atom stereocenters. The van der Waals surface area contributed by atoms with E-state index in [0.717, 1.165) is 11.1 Å². The van der Waals surface area contributed by atoms with Gasteiger partial charge in [0.05, 0.1) is 4.90 Å². The number of halogens is 1. The van der Waals surface area contributed by atoms with E-state index in [9.17, 15) is 13.2 Å². The summed E-state index contributed by atoms with van der Waals surface area (Å²) >= 11 is 5.88. The third-order valence-corrected chi connectivity index (χ3v) is 6.34. The van der Waals surface area contributed by atoms with Crippen LogP contribution in [0, 0.1) is 6.92 Å². The van der Waals surface area contributed by atoms with E-state index >= 15 is 0 Å². The van der Waals surface area contributed by atoms with Crippen LogP contribution < -0.4 is 10.0 Å². The molecular formula is C23H23ClN2O3S. The van der Waals surface area contributed by atoms with Gasteiger partial charge in [-0.15, -0.1) is 0 Å². The highest BCUT2D eigenvalue weighted by Gasteiger charge is 2.18. The van der Waals surface area contributed by atoms with Crippen LogP contribution in [-0.2, 0) is 23.0 Å². The first kappa shape index (κ1) is 22.0. The van der Waals surface area contributed by atoms with E-state index in [1.165, 1.54) is 12.1 Å². The summed E-state index contributed by atoms with van der Waals surface area (Å²) in [6.07, 6.45) is 0.651. The van der Waals surface area contributed by atoms with E-state index in [1.54, 1.807) is 25.1 Å². The van der Waals surface area contributed by atoms with Gasteiger partial charge in [0.1, 0.15) is 0 Å². The van der Waals surface area contributed by atoms with Crippen molar-refractivity contribution in [2.45, 2.75) is 24.8 Å². The SMILES string of the molecule is Cc1ccc(S(=O)(=O)NCc2ccccc2)cc1C(=O)NCCc1ccc(Cl)cc1. The molecule has 2 N–H and O–H groups in total. The molecule has 5 nitrogen and oxygen atoms in total. The highest BCUT2D eigenvalue weighted by Crippen LogP contribution is 2.16. The number of benzene rings is 3. The van der Waals surface area contributed by atoms with Crippen LogP contribution in [0.25, 0.3) is 0 Å². The minimum absolute atomic E-state index is 0.0619. The van der Waals surface area contributed by atoms with E-state index in [-0.39, 0.29) is 17.3 Å². The summed E-state index contributed by atoms with van der Waals surface area (Å²) in [5.74, 6) is -0.304. The molecule has 3 aromatic carbocycles. The molecule has 7 heteroatoms. The number of hydrogen-bond donors (Lipinski definition) is 2. The van der Waals surface area contributed by atoms with Gasteiger partial charge < -0.3 is 5.32 Å². The molecule has 0 heterocycles. The fourth-order valence-electron chi connectivity index (χ4n) is 2.94. The number of amides is 1. The molecule has 0 saturated carbocycles. The van der Waals surface area contributed by atoms with Gasteiger partial charge >= 0.3 is 0 Å². The van der Waals surface area contributed by atoms with Crippen molar-refractivity contribution < 1.29 is 13.2 Å². The summed E-state index contributed by atoms with van der Waals surface area (Å²) in [6.45, 7) is 2.39. The lowest BCUT2D eigenvalue weighted by atomic mass is 10.1. The lowest BCUT2D eigenvalue weighted by Crippen LogP contribution is -2.27. The van der Waals surface area contributed by atoms with Gasteiger partial charge in [-0.3, -0.25) is 4.79 Å². The Morgan fingerprint density at radius 3 is 2.33 bits per heavy atom. The van der Waals surface area contributed by atoms with E-state index in [0.29, 0.717) is 29.1 Å². The topological polar surface area (TPSA) is 75.3 Å². The fraction of sp³-hybridized carbons (Fsp3) is 0.174. The van der Waals surface area contributed by atoms with Crippen LogP contribution >= 0.6 is 11.6 Å². The molecule has 156 valence electrons. The molecule has 0 fully saturated rings. The summed E-state index contributed by atoms with van der Waals surface area (Å²) in [6, 6.07) is 21.3. The average Bonchev–Trinajstić information content (AvgIpc) is 2.74. The number of carbonyl (C=O) groups is 1. The van der Waals surface area contributed by atoms with Crippen molar-refractivity contribution in [3.63, 3.8) is 0 Å². The Morgan fingerprint density at radius 1 is 0.933 bits per heavy atom. The number of carbonyl (C=O) groups excluding carboxylic acids is 1. The van der Waals surface area contributed by atoms with Gasteiger partial charge in [-0.25, -0.2) is 13.1 Å². The zero-order valence-corrected chi connectivity index (χ0v) is 18.1. The largest absolute Gasteiger partial charge is 0.352 e. The van der Waals surface area contributed by atoms with Crippen molar-refractivity contribution in [2.75, 3.05) is 6.54 Å². The molecule has 0 aromatic heterocycles. The lowest BCUT2D eigenvalue weighted by molar-refractivity contribution is 0.0953. The summed E-state index contributed by atoms with van der Waals surface area (Å²) in [5.41, 5.74) is 2.96. The van der Waals surface area contributed by atoms with Crippen LogP contribution in [0.5, 0.6) is 0 Å². The number of sulfonamides is 1. The first-order valence-corrected chi connectivity index (χ1v) is 11.4. The van der Waals surface area contributed by atoms with Crippen molar-refractivity contribution in [2.24, 2.45) is 0 Å². The van der Waals surface area contributed by atoms with Gasteiger partial charge in [-0.2, -0.15) is 0 Å². The number of hydrogen-bond acceptors (Lipinski definition) is 3. The molecule has 0 aliphatic carbocycles. The normalized spacial score (nSPS) is 11.3. The van der Waals surface area contributed by atoms with Crippen molar-refractivity contribution in [1.82, 2.24) is 10.0 Å². The lowest BCUT2D eigenvalue weighted by Gasteiger charge is -2.11. The van der Waals surface area contributed by atoms with Gasteiger partial charge in [0.25, 0.3) is 5.91 Å². The molecule has 0 aliphatic rings. The predicted molar refractivity (Wildman–Crippen MR) is 119 cm³/mol. The third kappa shape index (κ3) is 5.92. The molecule has 3 aromatic rings. The Morgan fingerprint density at radius 2 is 1.63 bits per heavy atom. The van der Waals surface area contributed by atoms with Crippen molar-refractivity contribution in [1.29, 1.82) is 0 Å². The van der Waals surface area contributed by atoms with Gasteiger partial charge in [0, 0.05) is 23.7 Å². The number of rotatable bonds is 8. The van der Waals surface area contributed by atoms with E-state index in [2.05, 4.69) is 10.0 Å². The maximum absolute atomic E-state index is 12.7. The van der Waals surface area contributed by atoms with Crippen molar-refractivity contribution in [3.05, 3.63) is 100 Å².